The third-order valence-electron chi connectivity index (χ3n) is 4.64. The van der Waals surface area contributed by atoms with Crippen molar-refractivity contribution in [1.29, 1.82) is 0 Å². The first kappa shape index (κ1) is 20.7. The lowest BCUT2D eigenvalue weighted by Gasteiger charge is -2.21. The van der Waals surface area contributed by atoms with E-state index in [2.05, 4.69) is 24.5 Å². The molecule has 0 atom stereocenters. The number of nitrogens with one attached hydrogen (secondary N) is 2. The zero-order valence-electron chi connectivity index (χ0n) is 16.3. The smallest absolute Gasteiger partial charge is 0.240 e. The van der Waals surface area contributed by atoms with Crippen LogP contribution in [0.25, 0.3) is 0 Å². The van der Waals surface area contributed by atoms with Crippen LogP contribution in [0.3, 0.4) is 0 Å². The molecule has 27 heavy (non-hydrogen) atoms. The van der Waals surface area contributed by atoms with Gasteiger partial charge in [-0.1, -0.05) is 87.4 Å². The lowest BCUT2D eigenvalue weighted by Crippen LogP contribution is -2.41. The minimum absolute atomic E-state index is 0.00106. The first-order valence-electron chi connectivity index (χ1n) is 9.82. The van der Waals surface area contributed by atoms with Crippen molar-refractivity contribution in [3.8, 4) is 0 Å². The number of rotatable bonds is 10. The third kappa shape index (κ3) is 6.55. The van der Waals surface area contributed by atoms with Gasteiger partial charge in [-0.3, -0.25) is 9.59 Å². The molecule has 0 aliphatic carbocycles. The van der Waals surface area contributed by atoms with Gasteiger partial charge in [-0.2, -0.15) is 0 Å². The van der Waals surface area contributed by atoms with Gasteiger partial charge in [0.25, 0.3) is 0 Å². The number of hydrogen-bond acceptors (Lipinski definition) is 2. The Hall–Kier alpha value is -2.62. The van der Waals surface area contributed by atoms with Crippen molar-refractivity contribution >= 4 is 11.8 Å². The SMILES string of the molecule is CCCC(CCC)C(=O)NCC(=O)NC(c1ccccc1)c1ccccc1. The highest BCUT2D eigenvalue weighted by Crippen LogP contribution is 2.21. The molecule has 0 heterocycles. The molecule has 0 radical (unpaired) electrons. The summed E-state index contributed by atoms with van der Waals surface area (Å²) < 4.78 is 0. The topological polar surface area (TPSA) is 58.2 Å². The molecule has 2 rings (SSSR count). The predicted octanol–water partition coefficient (Wildman–Crippen LogP) is 4.22. The normalized spacial score (nSPS) is 10.8. The molecule has 0 spiro atoms. The Morgan fingerprint density at radius 3 is 1.74 bits per heavy atom. The van der Waals surface area contributed by atoms with Crippen LogP contribution >= 0.6 is 0 Å². The van der Waals surface area contributed by atoms with E-state index in [1.165, 1.54) is 0 Å². The Balaban J connectivity index is 2.01. The van der Waals surface area contributed by atoms with Gasteiger partial charge in [-0.05, 0) is 24.0 Å². The molecule has 0 fully saturated rings. The molecule has 0 aliphatic heterocycles. The van der Waals surface area contributed by atoms with Crippen molar-refractivity contribution in [1.82, 2.24) is 10.6 Å². The number of carbonyl (C=O) groups excluding carboxylic acids is 2. The van der Waals surface area contributed by atoms with Crippen molar-refractivity contribution in [2.75, 3.05) is 6.54 Å². The molecule has 144 valence electrons. The van der Waals surface area contributed by atoms with Crippen molar-refractivity contribution in [3.63, 3.8) is 0 Å². The van der Waals surface area contributed by atoms with E-state index in [1.54, 1.807) is 0 Å². The number of amides is 2. The molecule has 2 N–H and O–H groups in total. The van der Waals surface area contributed by atoms with Crippen LogP contribution in [-0.4, -0.2) is 18.4 Å². The molecular weight excluding hydrogens is 336 g/mol. The van der Waals surface area contributed by atoms with Gasteiger partial charge in [0.2, 0.25) is 11.8 Å². The molecule has 2 aromatic rings. The minimum atomic E-state index is -0.237. The van der Waals surface area contributed by atoms with Gasteiger partial charge >= 0.3 is 0 Å². The highest BCUT2D eigenvalue weighted by molar-refractivity contribution is 5.86. The predicted molar refractivity (Wildman–Crippen MR) is 109 cm³/mol. The highest BCUT2D eigenvalue weighted by Gasteiger charge is 2.19. The van der Waals surface area contributed by atoms with Crippen LogP contribution in [0.1, 0.15) is 56.7 Å². The van der Waals surface area contributed by atoms with Gasteiger partial charge in [0.15, 0.2) is 0 Å². The van der Waals surface area contributed by atoms with Gasteiger partial charge in [-0.25, -0.2) is 0 Å². The number of hydrogen-bond donors (Lipinski definition) is 2. The van der Waals surface area contributed by atoms with Crippen molar-refractivity contribution in [3.05, 3.63) is 71.8 Å². The summed E-state index contributed by atoms with van der Waals surface area (Å²) in [5.41, 5.74) is 2.02. The molecule has 0 saturated heterocycles. The van der Waals surface area contributed by atoms with Gasteiger partial charge < -0.3 is 10.6 Å². The van der Waals surface area contributed by atoms with Crippen molar-refractivity contribution in [2.45, 2.75) is 45.6 Å². The summed E-state index contributed by atoms with van der Waals surface area (Å²) in [7, 11) is 0. The van der Waals surface area contributed by atoms with Gasteiger partial charge in [-0.15, -0.1) is 0 Å². The zero-order chi connectivity index (χ0) is 19.5. The van der Waals surface area contributed by atoms with Gasteiger partial charge in [0, 0.05) is 5.92 Å². The first-order valence-corrected chi connectivity index (χ1v) is 9.82. The lowest BCUT2D eigenvalue weighted by molar-refractivity contribution is -0.129. The second-order valence-electron chi connectivity index (χ2n) is 6.81. The van der Waals surface area contributed by atoms with Crippen LogP contribution in [0, 0.1) is 5.92 Å². The van der Waals surface area contributed by atoms with Crippen LogP contribution in [0.2, 0.25) is 0 Å². The minimum Gasteiger partial charge on any atom is -0.347 e. The van der Waals surface area contributed by atoms with E-state index < -0.39 is 0 Å². The quantitative estimate of drug-likeness (QED) is 0.661. The fourth-order valence-corrected chi connectivity index (χ4v) is 3.28. The Bertz CT molecular complexity index is 655. The maximum Gasteiger partial charge on any atom is 0.240 e. The van der Waals surface area contributed by atoms with E-state index in [0.29, 0.717) is 0 Å². The Kier molecular flexibility index (Phi) is 8.56. The van der Waals surface area contributed by atoms with Crippen LogP contribution in [0.5, 0.6) is 0 Å². The average Bonchev–Trinajstić information content (AvgIpc) is 2.71. The van der Waals surface area contributed by atoms with Crippen molar-refractivity contribution in [2.24, 2.45) is 5.92 Å². The second kappa shape index (κ2) is 11.2. The van der Waals surface area contributed by atoms with Crippen LogP contribution in [0.15, 0.2) is 60.7 Å². The Labute approximate surface area is 162 Å². The average molecular weight is 367 g/mol. The van der Waals surface area contributed by atoms with E-state index in [-0.39, 0.29) is 30.3 Å². The van der Waals surface area contributed by atoms with E-state index in [0.717, 1.165) is 36.8 Å². The standard InChI is InChI=1S/C23H30N2O2/c1-3-11-20(12-4-2)23(27)24-17-21(26)25-22(18-13-7-5-8-14-18)19-15-9-6-10-16-19/h5-10,13-16,20,22H,3-4,11-12,17H2,1-2H3,(H,24,27)(H,25,26). The summed E-state index contributed by atoms with van der Waals surface area (Å²) in [5, 5.41) is 5.86. The fraction of sp³-hybridized carbons (Fsp3) is 0.391. The molecular formula is C23H30N2O2. The molecule has 4 heteroatoms. The zero-order valence-corrected chi connectivity index (χ0v) is 16.3. The monoisotopic (exact) mass is 366 g/mol. The molecule has 0 bridgehead atoms. The molecule has 0 aliphatic rings. The van der Waals surface area contributed by atoms with Gasteiger partial charge in [0.05, 0.1) is 12.6 Å². The Morgan fingerprint density at radius 2 is 1.30 bits per heavy atom. The summed E-state index contributed by atoms with van der Waals surface area (Å²) in [6, 6.07) is 19.5. The van der Waals surface area contributed by atoms with E-state index in [9.17, 15) is 9.59 Å². The Morgan fingerprint density at radius 1 is 0.815 bits per heavy atom. The maximum atomic E-state index is 12.5. The molecule has 4 nitrogen and oxygen atoms in total. The largest absolute Gasteiger partial charge is 0.347 e. The number of benzene rings is 2. The summed E-state index contributed by atoms with van der Waals surface area (Å²) in [6.45, 7) is 4.15. The number of carbonyl (C=O) groups is 2. The molecule has 0 saturated carbocycles. The summed E-state index contributed by atoms with van der Waals surface area (Å²) >= 11 is 0. The van der Waals surface area contributed by atoms with Crippen LogP contribution in [0.4, 0.5) is 0 Å². The van der Waals surface area contributed by atoms with Crippen molar-refractivity contribution < 1.29 is 9.59 Å². The molecule has 2 aromatic carbocycles. The molecule has 0 aromatic heterocycles. The lowest BCUT2D eigenvalue weighted by atomic mass is 9.97. The summed E-state index contributed by atoms with van der Waals surface area (Å²) in [6.07, 6.45) is 3.65. The fourth-order valence-electron chi connectivity index (χ4n) is 3.28. The van der Waals surface area contributed by atoms with E-state index in [1.807, 2.05) is 60.7 Å². The summed E-state index contributed by atoms with van der Waals surface area (Å²) in [4.78, 5) is 24.9. The highest BCUT2D eigenvalue weighted by atomic mass is 16.2. The molecule has 2 amide bonds. The summed E-state index contributed by atoms with van der Waals surface area (Å²) in [5.74, 6) is -0.218. The van der Waals surface area contributed by atoms with E-state index in [4.69, 9.17) is 0 Å². The van der Waals surface area contributed by atoms with E-state index >= 15 is 0 Å². The second-order valence-corrected chi connectivity index (χ2v) is 6.81. The molecule has 0 unspecified atom stereocenters. The third-order valence-corrected chi connectivity index (χ3v) is 4.64. The van der Waals surface area contributed by atoms with Crippen LogP contribution < -0.4 is 10.6 Å². The maximum absolute atomic E-state index is 12.5. The van der Waals surface area contributed by atoms with Crippen LogP contribution in [-0.2, 0) is 9.59 Å². The first-order chi connectivity index (χ1) is 13.2. The van der Waals surface area contributed by atoms with Gasteiger partial charge in [0.1, 0.15) is 0 Å².